The van der Waals surface area contributed by atoms with E-state index in [0.717, 1.165) is 22.6 Å². The summed E-state index contributed by atoms with van der Waals surface area (Å²) in [4.78, 5) is 13.3. The van der Waals surface area contributed by atoms with Crippen molar-refractivity contribution < 1.29 is 19.7 Å². The molecular formula is C28H34N2O4. The molecule has 3 aromatic carbocycles. The molecule has 1 atom stereocenters. The lowest BCUT2D eigenvalue weighted by Gasteiger charge is -2.25. The zero-order chi connectivity index (χ0) is 24.7. The maximum Gasteiger partial charge on any atom is 0.320 e. The Kier molecular flexibility index (Phi) is 8.31. The third-order valence-corrected chi connectivity index (χ3v) is 5.77. The Morgan fingerprint density at radius 1 is 0.941 bits per heavy atom. The van der Waals surface area contributed by atoms with Crippen LogP contribution in [0.1, 0.15) is 43.9 Å². The minimum Gasteiger partial charge on any atom is -0.508 e. The molecule has 0 fully saturated rings. The van der Waals surface area contributed by atoms with Gasteiger partial charge in [-0.15, -0.1) is 0 Å². The fourth-order valence-electron chi connectivity index (χ4n) is 3.67. The van der Waals surface area contributed by atoms with E-state index in [1.807, 2.05) is 48.5 Å². The molecule has 0 unspecified atom stereocenters. The van der Waals surface area contributed by atoms with Gasteiger partial charge in [-0.3, -0.25) is 9.69 Å². The summed E-state index contributed by atoms with van der Waals surface area (Å²) in [7, 11) is 0. The van der Waals surface area contributed by atoms with Gasteiger partial charge in [-0.1, -0.05) is 69.3 Å². The molecule has 3 aromatic rings. The summed E-state index contributed by atoms with van der Waals surface area (Å²) in [5.74, 6) is 0.667. The lowest BCUT2D eigenvalue weighted by molar-refractivity contribution is -0.138. The van der Waals surface area contributed by atoms with Crippen molar-refractivity contribution in [1.29, 1.82) is 0 Å². The SMILES string of the molecule is CC(C)(C)c1ccc(Oc2ccccc2CN(CC[C@H](N)C(=O)O)Cc2ccccc2O)cc1. The van der Waals surface area contributed by atoms with Gasteiger partial charge >= 0.3 is 5.97 Å². The molecule has 0 spiro atoms. The van der Waals surface area contributed by atoms with Crippen molar-refractivity contribution in [2.75, 3.05) is 6.54 Å². The van der Waals surface area contributed by atoms with Crippen molar-refractivity contribution >= 4 is 5.97 Å². The minimum absolute atomic E-state index is 0.0662. The molecule has 180 valence electrons. The van der Waals surface area contributed by atoms with Gasteiger partial charge in [0.25, 0.3) is 0 Å². The molecule has 0 saturated heterocycles. The van der Waals surface area contributed by atoms with Gasteiger partial charge < -0.3 is 20.7 Å². The predicted molar refractivity (Wildman–Crippen MR) is 134 cm³/mol. The van der Waals surface area contributed by atoms with Crippen LogP contribution in [-0.4, -0.2) is 33.7 Å². The fourth-order valence-corrected chi connectivity index (χ4v) is 3.67. The topological polar surface area (TPSA) is 96.0 Å². The highest BCUT2D eigenvalue weighted by atomic mass is 16.5. The Balaban J connectivity index is 1.80. The minimum atomic E-state index is -1.02. The van der Waals surface area contributed by atoms with Crippen LogP contribution in [0.25, 0.3) is 0 Å². The third-order valence-electron chi connectivity index (χ3n) is 5.77. The van der Waals surface area contributed by atoms with Gasteiger partial charge in [0.1, 0.15) is 23.3 Å². The van der Waals surface area contributed by atoms with Gasteiger partial charge in [0.15, 0.2) is 0 Å². The van der Waals surface area contributed by atoms with Gasteiger partial charge in [-0.25, -0.2) is 0 Å². The van der Waals surface area contributed by atoms with Crippen LogP contribution in [0.15, 0.2) is 72.8 Å². The molecule has 0 aliphatic heterocycles. The van der Waals surface area contributed by atoms with Crippen LogP contribution >= 0.6 is 0 Å². The Bertz CT molecular complexity index is 1090. The first-order valence-corrected chi connectivity index (χ1v) is 11.5. The van der Waals surface area contributed by atoms with E-state index in [-0.39, 0.29) is 11.2 Å². The quantitative estimate of drug-likeness (QED) is 0.379. The third kappa shape index (κ3) is 7.07. The molecule has 4 N–H and O–H groups in total. The lowest BCUT2D eigenvalue weighted by atomic mass is 9.87. The van der Waals surface area contributed by atoms with Crippen LogP contribution in [0.2, 0.25) is 0 Å². The average Bonchev–Trinajstić information content (AvgIpc) is 2.79. The highest BCUT2D eigenvalue weighted by Gasteiger charge is 2.18. The van der Waals surface area contributed by atoms with Gasteiger partial charge in [-0.05, 0) is 41.7 Å². The molecule has 0 aliphatic rings. The monoisotopic (exact) mass is 462 g/mol. The van der Waals surface area contributed by atoms with E-state index < -0.39 is 12.0 Å². The summed E-state index contributed by atoms with van der Waals surface area (Å²) < 4.78 is 6.22. The van der Waals surface area contributed by atoms with Crippen molar-refractivity contribution in [3.8, 4) is 17.2 Å². The van der Waals surface area contributed by atoms with Crippen molar-refractivity contribution in [2.24, 2.45) is 5.73 Å². The highest BCUT2D eigenvalue weighted by Crippen LogP contribution is 2.30. The number of hydrogen-bond acceptors (Lipinski definition) is 5. The summed E-state index contributed by atoms with van der Waals surface area (Å²) in [5, 5.41) is 19.4. The number of carbonyl (C=O) groups is 1. The first kappa shape index (κ1) is 25.3. The molecule has 0 heterocycles. The van der Waals surface area contributed by atoms with E-state index in [2.05, 4.69) is 37.8 Å². The summed E-state index contributed by atoms with van der Waals surface area (Å²) >= 11 is 0. The number of hydrogen-bond donors (Lipinski definition) is 3. The number of phenols is 1. The van der Waals surface area contributed by atoms with Crippen LogP contribution in [0.3, 0.4) is 0 Å². The smallest absolute Gasteiger partial charge is 0.320 e. The number of nitrogens with two attached hydrogens (primary N) is 1. The number of carboxylic acid groups (broad SMARTS) is 1. The summed E-state index contributed by atoms with van der Waals surface area (Å²) in [6.45, 7) is 7.94. The fraction of sp³-hybridized carbons (Fsp3) is 0.321. The molecule has 0 bridgehead atoms. The Morgan fingerprint density at radius 3 is 2.15 bits per heavy atom. The van der Waals surface area contributed by atoms with E-state index in [1.165, 1.54) is 5.56 Å². The van der Waals surface area contributed by atoms with E-state index in [4.69, 9.17) is 10.5 Å². The first-order valence-electron chi connectivity index (χ1n) is 11.5. The van der Waals surface area contributed by atoms with Gasteiger partial charge in [0.2, 0.25) is 0 Å². The molecule has 6 nitrogen and oxygen atoms in total. The van der Waals surface area contributed by atoms with Crippen LogP contribution in [0, 0.1) is 0 Å². The number of para-hydroxylation sites is 2. The number of aliphatic carboxylic acids is 1. The Hall–Kier alpha value is -3.35. The van der Waals surface area contributed by atoms with E-state index in [1.54, 1.807) is 12.1 Å². The molecule has 6 heteroatoms. The average molecular weight is 463 g/mol. The van der Waals surface area contributed by atoms with Crippen LogP contribution in [-0.2, 0) is 23.3 Å². The zero-order valence-corrected chi connectivity index (χ0v) is 20.1. The number of ether oxygens (including phenoxy) is 1. The molecule has 0 saturated carbocycles. The summed E-state index contributed by atoms with van der Waals surface area (Å²) in [6.07, 6.45) is 0.292. The van der Waals surface area contributed by atoms with Crippen LogP contribution < -0.4 is 10.5 Å². The molecule has 0 aliphatic carbocycles. The molecule has 0 radical (unpaired) electrons. The number of phenolic OH excluding ortho intramolecular Hbond substituents is 1. The second-order valence-corrected chi connectivity index (χ2v) is 9.56. The Labute approximate surface area is 201 Å². The number of nitrogens with zero attached hydrogens (tertiary/aromatic N) is 1. The van der Waals surface area contributed by atoms with Gasteiger partial charge in [0.05, 0.1) is 0 Å². The van der Waals surface area contributed by atoms with Gasteiger partial charge in [0, 0.05) is 30.8 Å². The second kappa shape index (κ2) is 11.2. The summed E-state index contributed by atoms with van der Waals surface area (Å²) in [5.41, 5.74) is 8.78. The molecule has 0 aromatic heterocycles. The number of aromatic hydroxyl groups is 1. The zero-order valence-electron chi connectivity index (χ0n) is 20.1. The number of rotatable bonds is 10. The lowest BCUT2D eigenvalue weighted by Crippen LogP contribution is -2.35. The molecule has 34 heavy (non-hydrogen) atoms. The maximum atomic E-state index is 11.2. The highest BCUT2D eigenvalue weighted by molar-refractivity contribution is 5.73. The second-order valence-electron chi connectivity index (χ2n) is 9.56. The largest absolute Gasteiger partial charge is 0.508 e. The van der Waals surface area contributed by atoms with Crippen molar-refractivity contribution in [3.05, 3.63) is 89.5 Å². The van der Waals surface area contributed by atoms with Crippen molar-refractivity contribution in [1.82, 2.24) is 4.90 Å². The van der Waals surface area contributed by atoms with E-state index in [0.29, 0.717) is 26.1 Å². The van der Waals surface area contributed by atoms with E-state index >= 15 is 0 Å². The molecular weight excluding hydrogens is 428 g/mol. The summed E-state index contributed by atoms with van der Waals surface area (Å²) in [6, 6.07) is 22.1. The van der Waals surface area contributed by atoms with Crippen molar-refractivity contribution in [3.63, 3.8) is 0 Å². The van der Waals surface area contributed by atoms with Crippen molar-refractivity contribution in [2.45, 2.75) is 51.7 Å². The normalized spacial score (nSPS) is 12.5. The molecule has 3 rings (SSSR count). The Morgan fingerprint density at radius 2 is 1.53 bits per heavy atom. The molecule has 0 amide bonds. The first-order chi connectivity index (χ1) is 16.1. The number of carboxylic acids is 1. The standard InChI is InChI=1S/C28H34N2O4/c1-28(2,3)22-12-14-23(15-13-22)34-26-11-7-5-9-21(26)19-30(17-16-24(29)27(32)33)18-20-8-4-6-10-25(20)31/h4-15,24,31H,16-19,29H2,1-3H3,(H,32,33)/t24-/m0/s1. The number of benzene rings is 3. The maximum absolute atomic E-state index is 11.2. The predicted octanol–water partition coefficient (Wildman–Crippen LogP) is 5.29. The van der Waals surface area contributed by atoms with E-state index in [9.17, 15) is 15.0 Å². The van der Waals surface area contributed by atoms with Gasteiger partial charge in [-0.2, -0.15) is 0 Å². The van der Waals surface area contributed by atoms with Crippen LogP contribution in [0.4, 0.5) is 0 Å². The van der Waals surface area contributed by atoms with Crippen LogP contribution in [0.5, 0.6) is 17.2 Å².